The molecule has 0 heterocycles. The Morgan fingerprint density at radius 1 is 1.15 bits per heavy atom. The van der Waals surface area contributed by atoms with Crippen LogP contribution in [0.25, 0.3) is 5.57 Å². The second-order valence-electron chi connectivity index (χ2n) is 5.60. The summed E-state index contributed by atoms with van der Waals surface area (Å²) in [6.07, 6.45) is 4.05. The van der Waals surface area contributed by atoms with Gasteiger partial charge in [0.15, 0.2) is 0 Å². The summed E-state index contributed by atoms with van der Waals surface area (Å²) in [4.78, 5) is 0. The molecule has 0 fully saturated rings. The first-order chi connectivity index (χ1) is 8.65. The molecule has 1 unspecified atom stereocenters. The van der Waals surface area contributed by atoms with Crippen LogP contribution < -0.4 is 34.0 Å². The second kappa shape index (κ2) is 9.92. The molecule has 110 valence electrons. The molecule has 1 aromatic rings. The average molecular weight is 495 g/mol. The minimum absolute atomic E-state index is 0. The van der Waals surface area contributed by atoms with E-state index in [0.29, 0.717) is 0 Å². The Hall–Kier alpha value is 1.02. The van der Waals surface area contributed by atoms with E-state index < -0.39 is 0 Å². The number of hydrogen-bond donors (Lipinski definition) is 0. The fourth-order valence-electron chi connectivity index (χ4n) is 2.89. The van der Waals surface area contributed by atoms with E-state index in [0.717, 1.165) is 3.63 Å². The molecule has 2 rings (SSSR count). The van der Waals surface area contributed by atoms with Crippen LogP contribution in [0.15, 0.2) is 29.8 Å². The summed E-state index contributed by atoms with van der Waals surface area (Å²) in [5.74, 6) is -0.346. The molecule has 0 bridgehead atoms. The van der Waals surface area contributed by atoms with E-state index in [1.54, 1.807) is 16.7 Å². The quantitative estimate of drug-likeness (QED) is 0.450. The van der Waals surface area contributed by atoms with Crippen molar-refractivity contribution in [3.63, 3.8) is 0 Å². The first-order valence-electron chi connectivity index (χ1n) is 7.20. The van der Waals surface area contributed by atoms with Gasteiger partial charge in [-0.05, 0) is 0 Å². The number of hydrogen-bond acceptors (Lipinski definition) is 0. The van der Waals surface area contributed by atoms with Gasteiger partial charge < -0.3 is 34.0 Å². The first kappa shape index (κ1) is 21.0. The van der Waals surface area contributed by atoms with Crippen molar-refractivity contribution in [1.29, 1.82) is 0 Å². The number of benzene rings is 1. The largest absolute Gasteiger partial charge is 1.00 e. The molecule has 0 nitrogen and oxygen atoms in total. The van der Waals surface area contributed by atoms with Gasteiger partial charge in [0.1, 0.15) is 0 Å². The fourth-order valence-corrected chi connectivity index (χ4v) is 13.2. The van der Waals surface area contributed by atoms with Crippen LogP contribution in [0.4, 0.5) is 0 Å². The topological polar surface area (TPSA) is 0 Å². The van der Waals surface area contributed by atoms with Crippen LogP contribution in [0, 0.1) is 0 Å². The van der Waals surface area contributed by atoms with Gasteiger partial charge in [0, 0.05) is 0 Å². The van der Waals surface area contributed by atoms with Gasteiger partial charge in [-0.3, -0.25) is 0 Å². The van der Waals surface area contributed by atoms with E-state index in [-0.39, 0.29) is 62.3 Å². The summed E-state index contributed by atoms with van der Waals surface area (Å²) in [7, 11) is 0. The Kier molecular flexibility index (Phi) is 10.4. The van der Waals surface area contributed by atoms with E-state index in [2.05, 4.69) is 51.2 Å². The summed E-state index contributed by atoms with van der Waals surface area (Å²) in [6, 6.07) is 9.20. The maximum atomic E-state index is 2.56. The Balaban J connectivity index is 0.00000180. The molecule has 0 saturated heterocycles. The summed E-state index contributed by atoms with van der Waals surface area (Å²) in [6.45, 7) is 9.79. The number of rotatable bonds is 5. The maximum absolute atomic E-state index is 2.56. The first-order valence-corrected chi connectivity index (χ1v) is 15.8. The van der Waals surface area contributed by atoms with Crippen molar-refractivity contribution in [2.24, 2.45) is 0 Å². The molecule has 1 aliphatic rings. The molecule has 0 aliphatic heterocycles. The van der Waals surface area contributed by atoms with Gasteiger partial charge in [-0.25, -0.2) is 0 Å². The Morgan fingerprint density at radius 2 is 1.80 bits per heavy atom. The summed E-state index contributed by atoms with van der Waals surface area (Å²) >= 11 is -0.215. The Bertz CT molecular complexity index is 458. The van der Waals surface area contributed by atoms with Gasteiger partial charge in [0.25, 0.3) is 0 Å². The van der Waals surface area contributed by atoms with Crippen LogP contribution in [-0.4, -0.2) is 5.92 Å². The summed E-state index contributed by atoms with van der Waals surface area (Å²) in [5, 5.41) is 0. The Morgan fingerprint density at radius 3 is 2.40 bits per heavy atom. The molecule has 0 radical (unpaired) electrons. The zero-order chi connectivity index (χ0) is 13.1. The molecule has 0 amide bonds. The smallest absolute Gasteiger partial charge is 1.00 e. The number of unbranched alkanes of at least 4 members (excludes halogenated alkanes) is 1. The monoisotopic (exact) mass is 492 g/mol. The molecule has 1 aliphatic carbocycles. The van der Waals surface area contributed by atoms with Crippen molar-refractivity contribution in [2.45, 2.75) is 49.8 Å². The third-order valence-corrected chi connectivity index (χ3v) is 13.8. The normalized spacial score (nSPS) is 16.4. The van der Waals surface area contributed by atoms with Gasteiger partial charge in [-0.1, -0.05) is 0 Å². The van der Waals surface area contributed by atoms with Gasteiger partial charge in [-0.2, -0.15) is 0 Å². The van der Waals surface area contributed by atoms with Crippen LogP contribution in [0.5, 0.6) is 0 Å². The van der Waals surface area contributed by atoms with Crippen molar-refractivity contribution in [1.82, 2.24) is 0 Å². The van der Waals surface area contributed by atoms with Crippen molar-refractivity contribution < 1.29 is 56.4 Å². The maximum Gasteiger partial charge on any atom is -1.00 e. The predicted octanol–water partition coefficient (Wildman–Crippen LogP) is -1.22. The molecule has 0 aromatic heterocycles. The minimum Gasteiger partial charge on any atom is -1.00 e. The van der Waals surface area contributed by atoms with Crippen LogP contribution >= 0.6 is 0 Å². The molecular formula is C16H24Br2SiZr. The summed E-state index contributed by atoms with van der Waals surface area (Å²) in [5.41, 5.74) is 6.71. The van der Waals surface area contributed by atoms with Gasteiger partial charge in [-0.15, -0.1) is 0 Å². The SMILES string of the molecule is CCCCC1=C(C)c2ccccc2[CH]1[Zr+2][SiH](C)C.[Br-].[Br-]. The molecule has 0 spiro atoms. The molecule has 1 aromatic carbocycles. The minimum atomic E-state index is -0.346. The average Bonchev–Trinajstić information content (AvgIpc) is 2.61. The van der Waals surface area contributed by atoms with E-state index in [9.17, 15) is 0 Å². The summed E-state index contributed by atoms with van der Waals surface area (Å²) < 4.78 is 0.919. The van der Waals surface area contributed by atoms with Crippen molar-refractivity contribution in [2.75, 3.05) is 0 Å². The Labute approximate surface area is 157 Å². The zero-order valence-electron chi connectivity index (χ0n) is 12.8. The van der Waals surface area contributed by atoms with E-state index in [1.807, 2.05) is 5.57 Å². The van der Waals surface area contributed by atoms with Crippen molar-refractivity contribution in [3.8, 4) is 0 Å². The van der Waals surface area contributed by atoms with Crippen LogP contribution in [0.1, 0.15) is 47.9 Å². The van der Waals surface area contributed by atoms with Crippen LogP contribution in [0.2, 0.25) is 13.1 Å². The zero-order valence-corrected chi connectivity index (χ0v) is 19.6. The second-order valence-corrected chi connectivity index (χ2v) is 20.6. The van der Waals surface area contributed by atoms with Crippen LogP contribution in [-0.2, 0) is 22.4 Å². The van der Waals surface area contributed by atoms with Gasteiger partial charge >= 0.3 is 125 Å². The molecule has 0 saturated carbocycles. The predicted molar refractivity (Wildman–Crippen MR) is 80.2 cm³/mol. The number of fused-ring (bicyclic) bond motifs is 1. The molecule has 0 N–H and O–H groups in total. The molecule has 1 atom stereocenters. The van der Waals surface area contributed by atoms with E-state index in [1.165, 1.54) is 19.3 Å². The fraction of sp³-hybridized carbons (Fsp3) is 0.500. The molecule has 20 heavy (non-hydrogen) atoms. The van der Waals surface area contributed by atoms with Crippen LogP contribution in [0.3, 0.4) is 0 Å². The van der Waals surface area contributed by atoms with Gasteiger partial charge in [0.05, 0.1) is 0 Å². The van der Waals surface area contributed by atoms with Crippen molar-refractivity contribution in [3.05, 3.63) is 41.0 Å². The van der Waals surface area contributed by atoms with Crippen molar-refractivity contribution >= 4 is 11.5 Å². The standard InChI is InChI=1S/C14H17.C2H7Si.2BrH.Zr/c1-3-4-7-12-10-13-8-5-6-9-14(13)11(12)2;1-3-2;;;/h5-6,8-10H,3-4,7H2,1-2H3;3H,1-2H3;2*1H;/q;;;;+2/p-2. The van der Waals surface area contributed by atoms with Gasteiger partial charge in [0.2, 0.25) is 0 Å². The van der Waals surface area contributed by atoms with E-state index >= 15 is 0 Å². The van der Waals surface area contributed by atoms with E-state index in [4.69, 9.17) is 0 Å². The number of halogens is 2. The molecular weight excluding hydrogens is 471 g/mol. The number of allylic oxidation sites excluding steroid dienone is 2. The third-order valence-electron chi connectivity index (χ3n) is 3.81. The third kappa shape index (κ3) is 4.76. The molecule has 4 heteroatoms.